The van der Waals surface area contributed by atoms with E-state index in [1.54, 1.807) is 12.1 Å². The lowest BCUT2D eigenvalue weighted by molar-refractivity contribution is -0.384. The highest BCUT2D eigenvalue weighted by molar-refractivity contribution is 6.74. The van der Waals surface area contributed by atoms with Crippen LogP contribution in [0.4, 0.5) is 17.1 Å². The SMILES string of the molecule is CC(C)(C)[Si](C)(C)Oc1ccc2c(c1)Oc1cccc([N+](=O)[O-])c1N2. The Bertz CT molecular complexity index is 843. The van der Waals surface area contributed by atoms with Gasteiger partial charge >= 0.3 is 0 Å². The quantitative estimate of drug-likeness (QED) is 0.362. The van der Waals surface area contributed by atoms with E-state index >= 15 is 0 Å². The van der Waals surface area contributed by atoms with Crippen molar-refractivity contribution in [1.29, 1.82) is 0 Å². The first kappa shape index (κ1) is 17.3. The molecule has 1 N–H and O–H groups in total. The molecule has 2 aromatic rings. The van der Waals surface area contributed by atoms with Crippen LogP contribution in [0.25, 0.3) is 0 Å². The molecule has 25 heavy (non-hydrogen) atoms. The number of hydrogen-bond acceptors (Lipinski definition) is 5. The first-order valence-electron chi connectivity index (χ1n) is 8.14. The van der Waals surface area contributed by atoms with Gasteiger partial charge in [0.25, 0.3) is 5.69 Å². The van der Waals surface area contributed by atoms with Gasteiger partial charge in [0.2, 0.25) is 8.32 Å². The fourth-order valence-corrected chi connectivity index (χ4v) is 3.36. The maximum atomic E-state index is 11.2. The lowest BCUT2D eigenvalue weighted by Gasteiger charge is -2.36. The number of hydrogen-bond donors (Lipinski definition) is 1. The summed E-state index contributed by atoms with van der Waals surface area (Å²) in [6.07, 6.45) is 0. The third kappa shape index (κ3) is 3.19. The lowest BCUT2D eigenvalue weighted by atomic mass is 10.2. The minimum Gasteiger partial charge on any atom is -0.543 e. The number of rotatable bonds is 3. The zero-order chi connectivity index (χ0) is 18.4. The fourth-order valence-electron chi connectivity index (χ4n) is 2.34. The molecule has 0 atom stereocenters. The number of anilines is 2. The number of nitro benzene ring substituents is 1. The summed E-state index contributed by atoms with van der Waals surface area (Å²) < 4.78 is 12.2. The van der Waals surface area contributed by atoms with Crippen LogP contribution in [0.5, 0.6) is 17.2 Å². The predicted molar refractivity (Wildman–Crippen MR) is 101 cm³/mol. The second-order valence-electron chi connectivity index (χ2n) is 7.65. The lowest BCUT2D eigenvalue weighted by Crippen LogP contribution is -2.43. The van der Waals surface area contributed by atoms with Gasteiger partial charge in [-0.15, -0.1) is 0 Å². The van der Waals surface area contributed by atoms with Crippen molar-refractivity contribution in [3.8, 4) is 17.2 Å². The second-order valence-corrected chi connectivity index (χ2v) is 12.4. The summed E-state index contributed by atoms with van der Waals surface area (Å²) in [6, 6.07) is 10.3. The molecule has 0 fully saturated rings. The van der Waals surface area contributed by atoms with Crippen molar-refractivity contribution in [1.82, 2.24) is 0 Å². The second kappa shape index (κ2) is 5.77. The molecule has 0 unspecified atom stereocenters. The van der Waals surface area contributed by atoms with Gasteiger partial charge in [0, 0.05) is 12.1 Å². The molecule has 6 nitrogen and oxygen atoms in total. The average Bonchev–Trinajstić information content (AvgIpc) is 2.50. The predicted octanol–water partition coefficient (Wildman–Crippen LogP) is 5.83. The van der Waals surface area contributed by atoms with E-state index in [9.17, 15) is 10.1 Å². The molecule has 3 rings (SSSR count). The van der Waals surface area contributed by atoms with Crippen LogP contribution in [0.3, 0.4) is 0 Å². The maximum Gasteiger partial charge on any atom is 0.296 e. The van der Waals surface area contributed by atoms with Gasteiger partial charge < -0.3 is 14.5 Å². The monoisotopic (exact) mass is 358 g/mol. The zero-order valence-electron chi connectivity index (χ0n) is 15.0. The number of benzene rings is 2. The molecule has 0 bridgehead atoms. The van der Waals surface area contributed by atoms with Gasteiger partial charge in [0.05, 0.1) is 10.6 Å². The summed E-state index contributed by atoms with van der Waals surface area (Å²) >= 11 is 0. The van der Waals surface area contributed by atoms with Crippen LogP contribution in [0, 0.1) is 10.1 Å². The molecule has 0 saturated heterocycles. The van der Waals surface area contributed by atoms with E-state index in [4.69, 9.17) is 9.16 Å². The van der Waals surface area contributed by atoms with E-state index in [-0.39, 0.29) is 10.7 Å². The fraction of sp³-hybridized carbons (Fsp3) is 0.333. The van der Waals surface area contributed by atoms with Crippen LogP contribution >= 0.6 is 0 Å². The first-order chi connectivity index (χ1) is 11.6. The molecule has 7 heteroatoms. The molecular weight excluding hydrogens is 336 g/mol. The highest BCUT2D eigenvalue weighted by Gasteiger charge is 2.39. The van der Waals surface area contributed by atoms with Crippen LogP contribution in [0.2, 0.25) is 18.1 Å². The van der Waals surface area contributed by atoms with E-state index in [1.807, 2.05) is 18.2 Å². The summed E-state index contributed by atoms with van der Waals surface area (Å²) in [6.45, 7) is 10.9. The third-order valence-corrected chi connectivity index (χ3v) is 9.17. The van der Waals surface area contributed by atoms with Crippen LogP contribution < -0.4 is 14.5 Å². The van der Waals surface area contributed by atoms with E-state index in [2.05, 4.69) is 39.2 Å². The van der Waals surface area contributed by atoms with E-state index in [0.29, 0.717) is 22.9 Å². The maximum absolute atomic E-state index is 11.2. The minimum absolute atomic E-state index is 0.00949. The Morgan fingerprint density at radius 1 is 1.16 bits per heavy atom. The topological polar surface area (TPSA) is 73.6 Å². The van der Waals surface area contributed by atoms with Gasteiger partial charge in [0.1, 0.15) is 5.75 Å². The molecule has 0 aliphatic carbocycles. The van der Waals surface area contributed by atoms with E-state index < -0.39 is 13.2 Å². The smallest absolute Gasteiger partial charge is 0.296 e. The molecule has 0 amide bonds. The molecule has 0 radical (unpaired) electrons. The van der Waals surface area contributed by atoms with Gasteiger partial charge in [-0.05, 0) is 36.3 Å². The number of nitrogens with zero attached hydrogens (tertiary/aromatic N) is 1. The molecule has 1 aliphatic heterocycles. The highest BCUT2D eigenvalue weighted by atomic mass is 28.4. The van der Waals surface area contributed by atoms with Gasteiger partial charge in [-0.3, -0.25) is 10.1 Å². The van der Waals surface area contributed by atoms with Crippen molar-refractivity contribution >= 4 is 25.4 Å². The van der Waals surface area contributed by atoms with E-state index in [0.717, 1.165) is 5.75 Å². The van der Waals surface area contributed by atoms with Crippen LogP contribution in [-0.4, -0.2) is 13.2 Å². The number of fused-ring (bicyclic) bond motifs is 2. The molecule has 0 aromatic heterocycles. The third-order valence-electron chi connectivity index (χ3n) is 4.81. The summed E-state index contributed by atoms with van der Waals surface area (Å²) in [5.74, 6) is 1.79. The summed E-state index contributed by atoms with van der Waals surface area (Å²) in [7, 11) is -1.95. The molecular formula is C18H22N2O4Si. The van der Waals surface area contributed by atoms with Gasteiger partial charge in [-0.25, -0.2) is 0 Å². The van der Waals surface area contributed by atoms with Crippen LogP contribution in [0.15, 0.2) is 36.4 Å². The van der Waals surface area contributed by atoms with Gasteiger partial charge in [0.15, 0.2) is 17.2 Å². The van der Waals surface area contributed by atoms with Crippen molar-refractivity contribution in [2.24, 2.45) is 0 Å². The van der Waals surface area contributed by atoms with Gasteiger partial charge in [-0.1, -0.05) is 26.8 Å². The first-order valence-corrected chi connectivity index (χ1v) is 11.0. The largest absolute Gasteiger partial charge is 0.543 e. The summed E-state index contributed by atoms with van der Waals surface area (Å²) in [5.41, 5.74) is 1.05. The van der Waals surface area contributed by atoms with Crippen molar-refractivity contribution in [2.45, 2.75) is 38.9 Å². The van der Waals surface area contributed by atoms with Crippen molar-refractivity contribution in [3.05, 3.63) is 46.5 Å². The van der Waals surface area contributed by atoms with E-state index in [1.165, 1.54) is 6.07 Å². The zero-order valence-corrected chi connectivity index (χ0v) is 16.0. The molecule has 132 valence electrons. The number of nitro groups is 1. The van der Waals surface area contributed by atoms with Crippen molar-refractivity contribution in [2.75, 3.05) is 5.32 Å². The number of para-hydroxylation sites is 1. The summed E-state index contributed by atoms with van der Waals surface area (Å²) in [5, 5.41) is 14.4. The molecule has 1 heterocycles. The normalized spacial score (nSPS) is 13.2. The van der Waals surface area contributed by atoms with Crippen molar-refractivity contribution < 1.29 is 14.1 Å². The Morgan fingerprint density at radius 3 is 2.52 bits per heavy atom. The number of nitrogens with one attached hydrogen (secondary N) is 1. The molecule has 0 spiro atoms. The Kier molecular flexibility index (Phi) is 3.99. The average molecular weight is 358 g/mol. The standard InChI is InChI=1S/C18H22N2O4Si/c1-18(2,3)25(4,5)24-12-9-10-13-16(11-12)23-15-8-6-7-14(20(21)22)17(15)19-13/h6-11,19H,1-5H3. The molecule has 0 saturated carbocycles. The number of ether oxygens (including phenoxy) is 1. The summed E-state index contributed by atoms with van der Waals surface area (Å²) in [4.78, 5) is 10.8. The Hall–Kier alpha value is -2.54. The highest BCUT2D eigenvalue weighted by Crippen LogP contribution is 2.47. The minimum atomic E-state index is -1.95. The molecule has 2 aromatic carbocycles. The Morgan fingerprint density at radius 2 is 1.88 bits per heavy atom. The van der Waals surface area contributed by atoms with Gasteiger partial charge in [-0.2, -0.15) is 0 Å². The molecule has 1 aliphatic rings. The van der Waals surface area contributed by atoms with Crippen molar-refractivity contribution in [3.63, 3.8) is 0 Å². The van der Waals surface area contributed by atoms with Crippen LogP contribution in [0.1, 0.15) is 20.8 Å². The Labute approximate surface area is 148 Å². The van der Waals surface area contributed by atoms with Crippen LogP contribution in [-0.2, 0) is 0 Å². The Balaban J connectivity index is 1.92.